The van der Waals surface area contributed by atoms with Gasteiger partial charge in [0.25, 0.3) is 0 Å². The van der Waals surface area contributed by atoms with Gasteiger partial charge in [-0.3, -0.25) is 0 Å². The van der Waals surface area contributed by atoms with Crippen molar-refractivity contribution in [3.8, 4) is 0 Å². The lowest BCUT2D eigenvalue weighted by Crippen LogP contribution is -2.53. The van der Waals surface area contributed by atoms with Crippen LogP contribution in [-0.4, -0.2) is 64.4 Å². The topological polar surface area (TPSA) is 81.8 Å². The molecule has 7 nitrogen and oxygen atoms in total. The van der Waals surface area contributed by atoms with Crippen molar-refractivity contribution in [3.63, 3.8) is 0 Å². The molecule has 0 saturated carbocycles. The van der Waals surface area contributed by atoms with Gasteiger partial charge in [-0.2, -0.15) is 0 Å². The number of likely N-dealkylation sites (N-methyl/N-ethyl adjacent to an activating group) is 1. The van der Waals surface area contributed by atoms with E-state index in [9.17, 15) is 13.8 Å². The fourth-order valence-corrected chi connectivity index (χ4v) is 2.99. The number of urea groups is 1. The average molecular weight is 304 g/mol. The van der Waals surface area contributed by atoms with Gasteiger partial charge in [-0.25, -0.2) is 17.6 Å². The maximum atomic E-state index is 12.0. The highest BCUT2D eigenvalue weighted by atomic mass is 32.2. The van der Waals surface area contributed by atoms with Crippen molar-refractivity contribution in [1.82, 2.24) is 19.2 Å². The molecule has 2 unspecified atom stereocenters. The lowest BCUT2D eigenvalue weighted by Gasteiger charge is -2.33. The first kappa shape index (κ1) is 17.1. The van der Waals surface area contributed by atoms with Gasteiger partial charge in [0.2, 0.25) is 0 Å². The Morgan fingerprint density at radius 3 is 2.50 bits per heavy atom. The Labute approximate surface area is 122 Å². The van der Waals surface area contributed by atoms with Crippen molar-refractivity contribution < 1.29 is 13.8 Å². The third kappa shape index (κ3) is 4.84. The van der Waals surface area contributed by atoms with Gasteiger partial charge >= 0.3 is 6.03 Å². The minimum Gasteiger partial charge on any atom is -0.334 e. The zero-order valence-electron chi connectivity index (χ0n) is 12.5. The summed E-state index contributed by atoms with van der Waals surface area (Å²) in [5, 5.41) is 5.31. The maximum absolute atomic E-state index is 12.0. The molecule has 0 aliphatic carbocycles. The monoisotopic (exact) mass is 304 g/mol. The van der Waals surface area contributed by atoms with Crippen molar-refractivity contribution in [3.05, 3.63) is 0 Å². The molecule has 1 aliphatic heterocycles. The number of carbonyl (C=O) groups excluding carboxylic acids is 2. The molecule has 2 N–H and O–H groups in total. The van der Waals surface area contributed by atoms with Crippen LogP contribution in [-0.2, 0) is 16.0 Å². The van der Waals surface area contributed by atoms with Crippen LogP contribution in [0.2, 0.25) is 0 Å². The molecule has 1 saturated heterocycles. The predicted octanol–water partition coefficient (Wildman–Crippen LogP) is -0.275. The zero-order chi connectivity index (χ0) is 15.3. The highest BCUT2D eigenvalue weighted by Gasteiger charge is 2.33. The van der Waals surface area contributed by atoms with Gasteiger partial charge in [-0.05, 0) is 5.41 Å². The second-order valence-corrected chi connectivity index (χ2v) is 7.51. The van der Waals surface area contributed by atoms with Gasteiger partial charge in [-0.15, -0.1) is 0 Å². The van der Waals surface area contributed by atoms with E-state index in [0.717, 1.165) is 6.54 Å². The number of amides is 2. The molecule has 1 aliphatic rings. The van der Waals surface area contributed by atoms with Crippen molar-refractivity contribution >= 4 is 23.5 Å². The first-order valence-corrected chi connectivity index (χ1v) is 7.68. The summed E-state index contributed by atoms with van der Waals surface area (Å²) in [5.74, 6) is 0. The quantitative estimate of drug-likeness (QED) is 0.686. The Morgan fingerprint density at radius 2 is 2.05 bits per heavy atom. The molecule has 1 heterocycles. The van der Waals surface area contributed by atoms with E-state index in [1.54, 1.807) is 4.31 Å². The van der Waals surface area contributed by atoms with Gasteiger partial charge in [-0.1, -0.05) is 20.8 Å². The number of nitrogens with zero attached hydrogens (tertiary/aromatic N) is 2. The van der Waals surface area contributed by atoms with Crippen LogP contribution in [0.1, 0.15) is 20.8 Å². The Balaban J connectivity index is 2.64. The predicted molar refractivity (Wildman–Crippen MR) is 78.2 cm³/mol. The maximum Gasteiger partial charge on any atom is 0.315 e. The summed E-state index contributed by atoms with van der Waals surface area (Å²) >= 11 is -1.14. The van der Waals surface area contributed by atoms with Crippen molar-refractivity contribution in [2.75, 3.05) is 33.2 Å². The lowest BCUT2D eigenvalue weighted by atomic mass is 9.86. The van der Waals surface area contributed by atoms with Crippen molar-refractivity contribution in [1.29, 1.82) is 0 Å². The molecule has 2 amide bonds. The van der Waals surface area contributed by atoms with E-state index in [4.69, 9.17) is 0 Å². The molecule has 0 spiro atoms. The molecule has 1 rings (SSSR count). The van der Waals surface area contributed by atoms with Gasteiger partial charge in [0, 0.05) is 32.7 Å². The summed E-state index contributed by atoms with van der Waals surface area (Å²) in [6, 6.07) is -0.542. The number of carbonyl (C=O) groups is 2. The Morgan fingerprint density at radius 1 is 1.40 bits per heavy atom. The van der Waals surface area contributed by atoms with Gasteiger partial charge in [0.05, 0.1) is 6.54 Å². The molecular weight excluding hydrogens is 280 g/mol. The molecule has 1 fully saturated rings. The number of hydrogen-bond donors (Lipinski definition) is 2. The first-order valence-electron chi connectivity index (χ1n) is 6.61. The third-order valence-electron chi connectivity index (χ3n) is 3.23. The Kier molecular flexibility index (Phi) is 6.09. The van der Waals surface area contributed by atoms with Crippen LogP contribution in [0.3, 0.4) is 0 Å². The largest absolute Gasteiger partial charge is 0.334 e. The van der Waals surface area contributed by atoms with Crippen LogP contribution in [0.5, 0.6) is 0 Å². The molecule has 0 aromatic heterocycles. The highest BCUT2D eigenvalue weighted by Crippen LogP contribution is 2.22. The van der Waals surface area contributed by atoms with E-state index in [2.05, 4.69) is 10.6 Å². The molecular formula is C12H24N4O3S. The molecule has 116 valence electrons. The van der Waals surface area contributed by atoms with Gasteiger partial charge in [0.1, 0.15) is 6.29 Å². The van der Waals surface area contributed by atoms with E-state index in [1.165, 1.54) is 0 Å². The zero-order valence-corrected chi connectivity index (χ0v) is 13.3. The van der Waals surface area contributed by atoms with Crippen LogP contribution in [0, 0.1) is 5.41 Å². The van der Waals surface area contributed by atoms with Crippen LogP contribution >= 0.6 is 0 Å². The fraction of sp³-hybridized carbons (Fsp3) is 0.833. The lowest BCUT2D eigenvalue weighted by molar-refractivity contribution is -0.107. The molecule has 0 aromatic rings. The van der Waals surface area contributed by atoms with E-state index in [-0.39, 0.29) is 24.0 Å². The molecule has 20 heavy (non-hydrogen) atoms. The second-order valence-electron chi connectivity index (χ2n) is 5.91. The molecule has 8 heteroatoms. The summed E-state index contributed by atoms with van der Waals surface area (Å²) < 4.78 is 15.6. The van der Waals surface area contributed by atoms with Crippen LogP contribution in [0.25, 0.3) is 0 Å². The Hall–Kier alpha value is -0.990. The van der Waals surface area contributed by atoms with E-state index in [1.807, 2.05) is 32.1 Å². The molecule has 2 atom stereocenters. The van der Waals surface area contributed by atoms with Crippen molar-refractivity contribution in [2.45, 2.75) is 26.8 Å². The number of rotatable bonds is 5. The van der Waals surface area contributed by atoms with E-state index >= 15 is 0 Å². The van der Waals surface area contributed by atoms with E-state index in [0.29, 0.717) is 19.4 Å². The fourth-order valence-electron chi connectivity index (χ4n) is 1.84. The SMILES string of the molecule is CN1CCN(CC(NC(=O)NCC=O)C(C)(C)C)S1=O. The van der Waals surface area contributed by atoms with E-state index < -0.39 is 11.2 Å². The van der Waals surface area contributed by atoms with Crippen LogP contribution in [0.4, 0.5) is 4.79 Å². The van der Waals surface area contributed by atoms with Gasteiger partial charge < -0.3 is 15.4 Å². The van der Waals surface area contributed by atoms with Crippen LogP contribution < -0.4 is 10.6 Å². The normalized spacial score (nSPS) is 22.5. The summed E-state index contributed by atoms with van der Waals surface area (Å²) in [6.45, 7) is 8.01. The summed E-state index contributed by atoms with van der Waals surface area (Å²) in [6.07, 6.45) is 0.635. The molecule has 0 aromatic carbocycles. The number of nitrogens with one attached hydrogen (secondary N) is 2. The second kappa shape index (κ2) is 7.14. The highest BCUT2D eigenvalue weighted by molar-refractivity contribution is 7.80. The number of hydrogen-bond acceptors (Lipinski definition) is 3. The minimum atomic E-state index is -1.14. The third-order valence-corrected chi connectivity index (χ3v) is 4.72. The minimum absolute atomic E-state index is 0.0128. The Bertz CT molecular complexity index is 383. The summed E-state index contributed by atoms with van der Waals surface area (Å²) in [4.78, 5) is 21.9. The van der Waals surface area contributed by atoms with Gasteiger partial charge in [0.15, 0.2) is 11.2 Å². The average Bonchev–Trinajstić information content (AvgIpc) is 2.66. The molecule has 0 bridgehead atoms. The van der Waals surface area contributed by atoms with Crippen molar-refractivity contribution in [2.24, 2.45) is 5.41 Å². The summed E-state index contributed by atoms with van der Waals surface area (Å²) in [5.41, 5.74) is -0.177. The summed E-state index contributed by atoms with van der Waals surface area (Å²) in [7, 11) is 1.81. The molecule has 0 radical (unpaired) electrons. The van der Waals surface area contributed by atoms with Crippen LogP contribution in [0.15, 0.2) is 0 Å². The first-order chi connectivity index (χ1) is 9.25. The standard InChI is InChI=1S/C12H24N4O3S/c1-12(2,3)10(14-11(18)13-5-8-17)9-16-7-6-15(4)20(16)19/h8,10H,5-7,9H2,1-4H3,(H2,13,14,18). The smallest absolute Gasteiger partial charge is 0.315 e. The number of aldehydes is 1.